The lowest BCUT2D eigenvalue weighted by atomic mass is 10.0. The SMILES string of the molecule is CCOc1ccccc1OCc1nc(C)c(C(C)(C)N)s1. The Balaban J connectivity index is 2.10. The van der Waals surface area contributed by atoms with Crippen molar-refractivity contribution in [3.63, 3.8) is 0 Å². The molecule has 0 saturated carbocycles. The van der Waals surface area contributed by atoms with Crippen molar-refractivity contribution >= 4 is 11.3 Å². The summed E-state index contributed by atoms with van der Waals surface area (Å²) in [4.78, 5) is 5.64. The molecule has 0 aliphatic carbocycles. The monoisotopic (exact) mass is 306 g/mol. The van der Waals surface area contributed by atoms with Crippen molar-refractivity contribution in [3.8, 4) is 11.5 Å². The Bertz CT molecular complexity index is 603. The maximum absolute atomic E-state index is 6.15. The van der Waals surface area contributed by atoms with Crippen molar-refractivity contribution < 1.29 is 9.47 Å². The van der Waals surface area contributed by atoms with E-state index in [9.17, 15) is 0 Å². The molecule has 1 heterocycles. The lowest BCUT2D eigenvalue weighted by molar-refractivity contribution is 0.269. The molecule has 2 aromatic rings. The third-order valence-corrected chi connectivity index (χ3v) is 4.40. The molecule has 0 unspecified atom stereocenters. The van der Waals surface area contributed by atoms with E-state index in [1.165, 1.54) is 0 Å². The van der Waals surface area contributed by atoms with Gasteiger partial charge in [0.25, 0.3) is 0 Å². The Morgan fingerprint density at radius 2 is 1.81 bits per heavy atom. The van der Waals surface area contributed by atoms with Gasteiger partial charge in [-0.05, 0) is 39.8 Å². The molecule has 1 aromatic heterocycles. The van der Waals surface area contributed by atoms with Gasteiger partial charge in [0.1, 0.15) is 11.6 Å². The van der Waals surface area contributed by atoms with E-state index < -0.39 is 0 Å². The van der Waals surface area contributed by atoms with E-state index in [1.807, 2.05) is 52.0 Å². The lowest BCUT2D eigenvalue weighted by Crippen LogP contribution is -2.28. The maximum atomic E-state index is 6.15. The van der Waals surface area contributed by atoms with Crippen LogP contribution in [0.1, 0.15) is 36.3 Å². The Kier molecular flexibility index (Phi) is 4.85. The van der Waals surface area contributed by atoms with Crippen LogP contribution in [0, 0.1) is 6.92 Å². The summed E-state index contributed by atoms with van der Waals surface area (Å²) >= 11 is 1.60. The highest BCUT2D eigenvalue weighted by atomic mass is 32.1. The van der Waals surface area contributed by atoms with Crippen LogP contribution in [0.2, 0.25) is 0 Å². The number of hydrogen-bond donors (Lipinski definition) is 1. The highest BCUT2D eigenvalue weighted by molar-refractivity contribution is 7.11. The Morgan fingerprint density at radius 3 is 2.33 bits per heavy atom. The molecule has 0 bridgehead atoms. The first-order chi connectivity index (χ1) is 9.91. The largest absolute Gasteiger partial charge is 0.490 e. The topological polar surface area (TPSA) is 57.4 Å². The summed E-state index contributed by atoms with van der Waals surface area (Å²) in [6.07, 6.45) is 0. The van der Waals surface area contributed by atoms with Crippen LogP contribution in [0.15, 0.2) is 24.3 Å². The number of thiazole rings is 1. The fourth-order valence-corrected chi connectivity index (χ4v) is 3.09. The first-order valence-corrected chi connectivity index (χ1v) is 7.83. The summed E-state index contributed by atoms with van der Waals surface area (Å²) in [6.45, 7) is 8.95. The van der Waals surface area contributed by atoms with Crippen LogP contribution in [0.25, 0.3) is 0 Å². The summed E-state index contributed by atoms with van der Waals surface area (Å²) < 4.78 is 11.4. The number of benzene rings is 1. The molecule has 4 nitrogen and oxygen atoms in total. The minimum atomic E-state index is -0.372. The minimum Gasteiger partial charge on any atom is -0.490 e. The van der Waals surface area contributed by atoms with Crippen molar-refractivity contribution in [2.24, 2.45) is 5.73 Å². The van der Waals surface area contributed by atoms with Crippen molar-refractivity contribution in [1.29, 1.82) is 0 Å². The van der Waals surface area contributed by atoms with Crippen LogP contribution < -0.4 is 15.2 Å². The van der Waals surface area contributed by atoms with Gasteiger partial charge in [0.05, 0.1) is 12.3 Å². The molecule has 5 heteroatoms. The van der Waals surface area contributed by atoms with Crippen molar-refractivity contribution in [1.82, 2.24) is 4.98 Å². The average Bonchev–Trinajstić information content (AvgIpc) is 2.79. The zero-order valence-corrected chi connectivity index (χ0v) is 13.8. The molecular formula is C16H22N2O2S. The van der Waals surface area contributed by atoms with Crippen molar-refractivity contribution in [2.75, 3.05) is 6.61 Å². The van der Waals surface area contributed by atoms with Crippen LogP contribution >= 0.6 is 11.3 Å². The van der Waals surface area contributed by atoms with Crippen LogP contribution in [0.4, 0.5) is 0 Å². The fraction of sp³-hybridized carbons (Fsp3) is 0.438. The Hall–Kier alpha value is -1.59. The van der Waals surface area contributed by atoms with Gasteiger partial charge < -0.3 is 15.2 Å². The zero-order chi connectivity index (χ0) is 15.5. The van der Waals surface area contributed by atoms with Gasteiger partial charge in [-0.3, -0.25) is 0 Å². The van der Waals surface area contributed by atoms with Gasteiger partial charge in [-0.25, -0.2) is 4.98 Å². The molecule has 2 rings (SSSR count). The van der Waals surface area contributed by atoms with Gasteiger partial charge in [0, 0.05) is 10.4 Å². The second-order valence-electron chi connectivity index (χ2n) is 5.41. The fourth-order valence-electron chi connectivity index (χ4n) is 2.10. The molecule has 21 heavy (non-hydrogen) atoms. The highest BCUT2D eigenvalue weighted by Gasteiger charge is 2.21. The predicted molar refractivity (Wildman–Crippen MR) is 86.0 cm³/mol. The molecule has 0 aliphatic heterocycles. The predicted octanol–water partition coefficient (Wildman–Crippen LogP) is 3.62. The van der Waals surface area contributed by atoms with Crippen molar-refractivity contribution in [3.05, 3.63) is 39.8 Å². The number of rotatable bonds is 6. The minimum absolute atomic E-state index is 0.372. The van der Waals surface area contributed by atoms with Crippen LogP contribution in [-0.4, -0.2) is 11.6 Å². The number of para-hydroxylation sites is 2. The van der Waals surface area contributed by atoms with Crippen LogP contribution in [0.5, 0.6) is 11.5 Å². The lowest BCUT2D eigenvalue weighted by Gasteiger charge is -2.16. The molecule has 0 amide bonds. The third-order valence-electron chi connectivity index (χ3n) is 2.93. The van der Waals surface area contributed by atoms with Gasteiger partial charge in [0.2, 0.25) is 0 Å². The van der Waals surface area contributed by atoms with E-state index in [1.54, 1.807) is 11.3 Å². The zero-order valence-electron chi connectivity index (χ0n) is 13.0. The van der Waals surface area contributed by atoms with Gasteiger partial charge in [-0.15, -0.1) is 11.3 Å². The van der Waals surface area contributed by atoms with Gasteiger partial charge in [0.15, 0.2) is 11.5 Å². The van der Waals surface area contributed by atoms with E-state index in [0.717, 1.165) is 27.1 Å². The number of nitrogens with zero attached hydrogens (tertiary/aromatic N) is 1. The number of ether oxygens (including phenoxy) is 2. The highest BCUT2D eigenvalue weighted by Crippen LogP contribution is 2.30. The van der Waals surface area contributed by atoms with E-state index in [4.69, 9.17) is 15.2 Å². The van der Waals surface area contributed by atoms with Crippen LogP contribution in [-0.2, 0) is 12.1 Å². The van der Waals surface area contributed by atoms with Crippen molar-refractivity contribution in [2.45, 2.75) is 39.8 Å². The third kappa shape index (κ3) is 3.95. The van der Waals surface area contributed by atoms with Crippen LogP contribution in [0.3, 0.4) is 0 Å². The molecule has 0 saturated heterocycles. The second-order valence-corrected chi connectivity index (χ2v) is 6.50. The van der Waals surface area contributed by atoms with Gasteiger partial charge >= 0.3 is 0 Å². The molecule has 114 valence electrons. The molecule has 0 atom stereocenters. The number of hydrogen-bond acceptors (Lipinski definition) is 5. The normalized spacial score (nSPS) is 11.5. The molecule has 0 radical (unpaired) electrons. The second kappa shape index (κ2) is 6.45. The summed E-state index contributed by atoms with van der Waals surface area (Å²) in [6, 6.07) is 7.67. The van der Waals surface area contributed by atoms with Gasteiger partial charge in [-0.1, -0.05) is 12.1 Å². The summed E-state index contributed by atoms with van der Waals surface area (Å²) in [5.74, 6) is 1.49. The summed E-state index contributed by atoms with van der Waals surface area (Å²) in [5, 5.41) is 0.923. The molecule has 0 fully saturated rings. The van der Waals surface area contributed by atoms with E-state index in [2.05, 4.69) is 4.98 Å². The maximum Gasteiger partial charge on any atom is 0.161 e. The van der Waals surface area contributed by atoms with E-state index in [0.29, 0.717) is 13.2 Å². The molecule has 1 aromatic carbocycles. The summed E-state index contributed by atoms with van der Waals surface area (Å²) in [7, 11) is 0. The molecule has 0 spiro atoms. The first-order valence-electron chi connectivity index (χ1n) is 7.02. The Morgan fingerprint density at radius 1 is 1.19 bits per heavy atom. The molecular weight excluding hydrogens is 284 g/mol. The smallest absolute Gasteiger partial charge is 0.161 e. The summed E-state index contributed by atoms with van der Waals surface area (Å²) in [5.41, 5.74) is 6.76. The quantitative estimate of drug-likeness (QED) is 0.885. The molecule has 2 N–H and O–H groups in total. The van der Waals surface area contributed by atoms with E-state index in [-0.39, 0.29) is 5.54 Å². The Labute approximate surface area is 129 Å². The van der Waals surface area contributed by atoms with Gasteiger partial charge in [-0.2, -0.15) is 0 Å². The van der Waals surface area contributed by atoms with E-state index >= 15 is 0 Å². The number of aryl methyl sites for hydroxylation is 1. The molecule has 0 aliphatic rings. The first kappa shape index (κ1) is 15.8. The number of nitrogens with two attached hydrogens (primary N) is 1. The number of aromatic nitrogens is 1. The standard InChI is InChI=1S/C16H22N2O2S/c1-5-19-12-8-6-7-9-13(12)20-10-14-18-11(2)15(21-14)16(3,4)17/h6-9H,5,10,17H2,1-4H3. The average molecular weight is 306 g/mol.